The van der Waals surface area contributed by atoms with Crippen LogP contribution in [-0.4, -0.2) is 70.0 Å². The van der Waals surface area contributed by atoms with E-state index in [1.807, 2.05) is 0 Å². The molecule has 2 aliphatic heterocycles. The Morgan fingerprint density at radius 3 is 1.04 bits per heavy atom. The van der Waals surface area contributed by atoms with Crippen LogP contribution in [0.15, 0.2) is 48.5 Å². The van der Waals surface area contributed by atoms with Crippen molar-refractivity contribution in [2.75, 3.05) is 70.0 Å². The molecule has 0 fully saturated rings. The molecule has 0 aliphatic carbocycles. The molecule has 4 aromatic carbocycles. The van der Waals surface area contributed by atoms with Gasteiger partial charge >= 0.3 is 0 Å². The summed E-state index contributed by atoms with van der Waals surface area (Å²) in [5.41, 5.74) is 10.1. The molecule has 0 amide bonds. The van der Waals surface area contributed by atoms with Gasteiger partial charge in [-0.3, -0.25) is 0 Å². The largest absolute Gasteiger partial charge is 0.493 e. The number of benzene rings is 4. The molecule has 290 valence electrons. The second-order valence-corrected chi connectivity index (χ2v) is 13.9. The van der Waals surface area contributed by atoms with Crippen LogP contribution in [0.25, 0.3) is 0 Å². The molecule has 2 N–H and O–H groups in total. The number of methoxy groups -OCH3 is 8. The quantitative estimate of drug-likeness (QED) is 0.108. The van der Waals surface area contributed by atoms with Gasteiger partial charge in [0.2, 0.25) is 0 Å². The van der Waals surface area contributed by atoms with Crippen LogP contribution < -0.4 is 48.5 Å². The van der Waals surface area contributed by atoms with Gasteiger partial charge in [0.1, 0.15) is 0 Å². The van der Waals surface area contributed by atoms with E-state index in [9.17, 15) is 0 Å². The van der Waals surface area contributed by atoms with E-state index < -0.39 is 0 Å². The van der Waals surface area contributed by atoms with Crippen LogP contribution >= 0.6 is 0 Å². The molecule has 0 bridgehead atoms. The maximum absolute atomic E-state index is 5.78. The molecular formula is C44H56N2O8. The molecule has 4 aromatic rings. The SMILES string of the molecule is COc1cc(CCCCc2cc(OC)c(OC)cc2C[C@H]2NCCc3cc(OC)c(OC)cc32)c(C[C@H]2NCCc3cc(OC)c(OC)cc32)cc1OC. The average molecular weight is 741 g/mol. The number of unbranched alkanes of at least 4 members (excludes halogenated alkanes) is 1. The summed E-state index contributed by atoms with van der Waals surface area (Å²) < 4.78 is 45.7. The van der Waals surface area contributed by atoms with Crippen molar-refractivity contribution in [1.82, 2.24) is 10.6 Å². The van der Waals surface area contributed by atoms with E-state index in [1.54, 1.807) is 56.9 Å². The van der Waals surface area contributed by atoms with Crippen LogP contribution in [0.2, 0.25) is 0 Å². The highest BCUT2D eigenvalue weighted by atomic mass is 16.5. The van der Waals surface area contributed by atoms with E-state index >= 15 is 0 Å². The number of hydrogen-bond donors (Lipinski definition) is 2. The Hall–Kier alpha value is -4.80. The fraction of sp³-hybridized carbons (Fsp3) is 0.455. The third-order valence-electron chi connectivity index (χ3n) is 11.0. The van der Waals surface area contributed by atoms with Crippen molar-refractivity contribution in [1.29, 1.82) is 0 Å². The first kappa shape index (κ1) is 38.9. The molecule has 0 saturated heterocycles. The van der Waals surface area contributed by atoms with Gasteiger partial charge in [-0.15, -0.1) is 0 Å². The number of hydrogen-bond acceptors (Lipinski definition) is 10. The molecule has 2 heterocycles. The number of ether oxygens (including phenoxy) is 8. The average Bonchev–Trinajstić information content (AvgIpc) is 3.21. The Bertz CT molecular complexity index is 1770. The van der Waals surface area contributed by atoms with Crippen LogP contribution in [0.4, 0.5) is 0 Å². The molecule has 0 radical (unpaired) electrons. The molecule has 54 heavy (non-hydrogen) atoms. The molecule has 0 spiro atoms. The van der Waals surface area contributed by atoms with E-state index in [0.29, 0.717) is 0 Å². The van der Waals surface area contributed by atoms with Crippen molar-refractivity contribution in [2.24, 2.45) is 0 Å². The fourth-order valence-electron chi connectivity index (χ4n) is 8.14. The number of fused-ring (bicyclic) bond motifs is 2. The topological polar surface area (TPSA) is 97.9 Å². The zero-order chi connectivity index (χ0) is 38.2. The van der Waals surface area contributed by atoms with Crippen LogP contribution in [0.1, 0.15) is 69.4 Å². The van der Waals surface area contributed by atoms with Gasteiger partial charge in [-0.2, -0.15) is 0 Å². The lowest BCUT2D eigenvalue weighted by Gasteiger charge is -2.29. The molecule has 2 atom stereocenters. The van der Waals surface area contributed by atoms with E-state index in [1.165, 1.54) is 44.5 Å². The van der Waals surface area contributed by atoms with E-state index in [0.717, 1.165) is 110 Å². The van der Waals surface area contributed by atoms with Crippen molar-refractivity contribution < 1.29 is 37.9 Å². The molecular weight excluding hydrogens is 684 g/mol. The van der Waals surface area contributed by atoms with Gasteiger partial charge in [0.05, 0.1) is 56.9 Å². The van der Waals surface area contributed by atoms with Gasteiger partial charge in [0.15, 0.2) is 46.0 Å². The van der Waals surface area contributed by atoms with Crippen molar-refractivity contribution >= 4 is 0 Å². The Morgan fingerprint density at radius 2 is 0.704 bits per heavy atom. The van der Waals surface area contributed by atoms with Crippen molar-refractivity contribution in [3.05, 3.63) is 93.0 Å². The highest BCUT2D eigenvalue weighted by Crippen LogP contribution is 2.41. The summed E-state index contributed by atoms with van der Waals surface area (Å²) in [6.45, 7) is 1.79. The smallest absolute Gasteiger partial charge is 0.161 e. The zero-order valence-electron chi connectivity index (χ0n) is 33.1. The predicted octanol–water partition coefficient (Wildman–Crippen LogP) is 7.18. The van der Waals surface area contributed by atoms with Crippen LogP contribution in [0.5, 0.6) is 46.0 Å². The maximum atomic E-state index is 5.78. The summed E-state index contributed by atoms with van der Waals surface area (Å²) in [4.78, 5) is 0. The summed E-state index contributed by atoms with van der Waals surface area (Å²) in [5, 5.41) is 7.53. The lowest BCUT2D eigenvalue weighted by Crippen LogP contribution is -2.31. The molecule has 0 saturated carbocycles. The van der Waals surface area contributed by atoms with Gasteiger partial charge in [-0.05, 0) is 157 Å². The van der Waals surface area contributed by atoms with E-state index in [4.69, 9.17) is 37.9 Å². The minimum atomic E-state index is 0.124. The first-order chi connectivity index (χ1) is 26.4. The molecule has 0 unspecified atom stereocenters. The van der Waals surface area contributed by atoms with Crippen LogP contribution in [0.3, 0.4) is 0 Å². The predicted molar refractivity (Wildman–Crippen MR) is 211 cm³/mol. The third kappa shape index (κ3) is 8.30. The molecule has 6 rings (SSSR count). The van der Waals surface area contributed by atoms with E-state index in [-0.39, 0.29) is 12.1 Å². The lowest BCUT2D eigenvalue weighted by atomic mass is 9.87. The van der Waals surface area contributed by atoms with E-state index in [2.05, 4.69) is 59.2 Å². The maximum Gasteiger partial charge on any atom is 0.161 e. The highest BCUT2D eigenvalue weighted by Gasteiger charge is 2.26. The van der Waals surface area contributed by atoms with Gasteiger partial charge in [0, 0.05) is 12.1 Å². The van der Waals surface area contributed by atoms with Crippen molar-refractivity contribution in [2.45, 2.75) is 63.5 Å². The third-order valence-corrected chi connectivity index (χ3v) is 11.0. The monoisotopic (exact) mass is 740 g/mol. The Kier molecular flexibility index (Phi) is 13.0. The second kappa shape index (κ2) is 18.0. The number of rotatable bonds is 17. The molecule has 10 nitrogen and oxygen atoms in total. The number of nitrogens with one attached hydrogen (secondary N) is 2. The summed E-state index contributed by atoms with van der Waals surface area (Å²) in [6, 6.07) is 17.4. The Morgan fingerprint density at radius 1 is 0.407 bits per heavy atom. The number of aryl methyl sites for hydroxylation is 2. The fourth-order valence-corrected chi connectivity index (χ4v) is 8.14. The van der Waals surface area contributed by atoms with Crippen LogP contribution in [0, 0.1) is 0 Å². The summed E-state index contributed by atoms with van der Waals surface area (Å²) >= 11 is 0. The first-order valence-corrected chi connectivity index (χ1v) is 18.8. The summed E-state index contributed by atoms with van der Waals surface area (Å²) in [5.74, 6) is 6.00. The van der Waals surface area contributed by atoms with Gasteiger partial charge in [-0.1, -0.05) is 0 Å². The summed E-state index contributed by atoms with van der Waals surface area (Å²) in [6.07, 6.45) is 7.31. The second-order valence-electron chi connectivity index (χ2n) is 13.9. The molecule has 2 aliphatic rings. The van der Waals surface area contributed by atoms with Crippen molar-refractivity contribution in [3.8, 4) is 46.0 Å². The minimum absolute atomic E-state index is 0.124. The zero-order valence-corrected chi connectivity index (χ0v) is 33.1. The van der Waals surface area contributed by atoms with Crippen LogP contribution in [-0.2, 0) is 38.5 Å². The van der Waals surface area contributed by atoms with Gasteiger partial charge in [-0.25, -0.2) is 0 Å². The molecule has 0 aromatic heterocycles. The van der Waals surface area contributed by atoms with Gasteiger partial charge in [0.25, 0.3) is 0 Å². The first-order valence-electron chi connectivity index (χ1n) is 18.8. The molecule has 10 heteroatoms. The standard InChI is InChI=1S/C44H56N2O8/c1-47-37-19-27(31(23-41(37)51-5)17-35-33-25-43(53-7)39(49-3)21-29(33)13-15-45-35)11-9-10-12-28-20-38(48-2)42(52-6)24-32(28)18-36-34-26-44(54-8)40(50-4)22-30(34)14-16-46-36/h19-26,35-36,45-46H,9-18H2,1-8H3/t35-,36-/m1/s1. The normalized spacial score (nSPS) is 16.1. The summed E-state index contributed by atoms with van der Waals surface area (Å²) in [7, 11) is 13.5. The lowest BCUT2D eigenvalue weighted by molar-refractivity contribution is 0.351. The van der Waals surface area contributed by atoms with Crippen molar-refractivity contribution in [3.63, 3.8) is 0 Å². The minimum Gasteiger partial charge on any atom is -0.493 e. The Balaban J connectivity index is 1.23. The highest BCUT2D eigenvalue weighted by molar-refractivity contribution is 5.53. The Labute approximate surface area is 320 Å². The van der Waals surface area contributed by atoms with Gasteiger partial charge < -0.3 is 48.5 Å².